The Morgan fingerprint density at radius 3 is 2.37 bits per heavy atom. The van der Waals surface area contributed by atoms with Crippen molar-refractivity contribution in [1.82, 2.24) is 0 Å². The topological polar surface area (TPSA) is 136 Å². The summed E-state index contributed by atoms with van der Waals surface area (Å²) < 4.78 is 40.3. The van der Waals surface area contributed by atoms with Gasteiger partial charge in [-0.15, -0.1) is 0 Å². The molecule has 0 aliphatic carbocycles. The zero-order chi connectivity index (χ0) is 20.7. The summed E-state index contributed by atoms with van der Waals surface area (Å²) in [5.74, 6) is -2.01. The van der Waals surface area contributed by atoms with Gasteiger partial charge < -0.3 is 16.6 Å². The molecule has 1 aromatic rings. The number of aliphatic hydroxyl groups excluding tert-OH is 1. The maximum absolute atomic E-state index is 14.1. The summed E-state index contributed by atoms with van der Waals surface area (Å²) in [5.41, 5.74) is 9.61. The lowest BCUT2D eigenvalue weighted by molar-refractivity contribution is -0.128. The van der Waals surface area contributed by atoms with Crippen LogP contribution in [-0.2, 0) is 21.2 Å². The zero-order valence-electron chi connectivity index (χ0n) is 15.6. The molecule has 0 radical (unpaired) electrons. The molecular weight excluding hydrogens is 373 g/mol. The molecule has 0 spiro atoms. The second-order valence-electron chi connectivity index (χ2n) is 6.96. The highest BCUT2D eigenvalue weighted by Crippen LogP contribution is 2.24. The zero-order valence-corrected chi connectivity index (χ0v) is 16.5. The molecule has 27 heavy (non-hydrogen) atoms. The normalized spacial score (nSPS) is 17.1. The van der Waals surface area contributed by atoms with E-state index < -0.39 is 33.6 Å². The minimum Gasteiger partial charge on any atom is -0.393 e. The van der Waals surface area contributed by atoms with Crippen molar-refractivity contribution in [3.05, 3.63) is 35.9 Å². The summed E-state index contributed by atoms with van der Waals surface area (Å²) in [7, 11) is -3.73. The van der Waals surface area contributed by atoms with E-state index in [2.05, 4.69) is 4.40 Å². The van der Waals surface area contributed by atoms with Gasteiger partial charge in [0.1, 0.15) is 5.84 Å². The van der Waals surface area contributed by atoms with Crippen molar-refractivity contribution in [1.29, 1.82) is 0 Å². The van der Waals surface area contributed by atoms with Gasteiger partial charge in [0.25, 0.3) is 15.9 Å². The number of rotatable bonds is 11. The number of aryl methyl sites for hydroxylation is 1. The molecule has 9 heteroatoms. The van der Waals surface area contributed by atoms with E-state index >= 15 is 0 Å². The van der Waals surface area contributed by atoms with Gasteiger partial charge in [-0.1, -0.05) is 30.3 Å². The Kier molecular flexibility index (Phi) is 8.36. The number of nitrogens with zero attached hydrogens (tertiary/aromatic N) is 1. The third kappa shape index (κ3) is 8.96. The first-order valence-corrected chi connectivity index (χ1v) is 10.5. The molecule has 0 saturated heterocycles. The van der Waals surface area contributed by atoms with Crippen molar-refractivity contribution < 1.29 is 22.7 Å². The van der Waals surface area contributed by atoms with E-state index in [1.807, 2.05) is 30.3 Å². The molecular formula is C18H28FN3O4S. The highest BCUT2D eigenvalue weighted by Gasteiger charge is 2.32. The van der Waals surface area contributed by atoms with Crippen LogP contribution in [0.25, 0.3) is 0 Å². The van der Waals surface area contributed by atoms with Crippen LogP contribution in [-0.4, -0.2) is 43.3 Å². The van der Waals surface area contributed by atoms with E-state index in [9.17, 15) is 22.7 Å². The van der Waals surface area contributed by atoms with Crippen LogP contribution in [0.5, 0.6) is 0 Å². The molecule has 0 fully saturated rings. The number of amidine groups is 1. The van der Waals surface area contributed by atoms with Crippen molar-refractivity contribution >= 4 is 21.8 Å². The molecule has 5 N–H and O–H groups in total. The maximum atomic E-state index is 14.1. The Labute approximate surface area is 159 Å². The quantitative estimate of drug-likeness (QED) is 0.379. The summed E-state index contributed by atoms with van der Waals surface area (Å²) in [6, 6.07) is 9.56. The van der Waals surface area contributed by atoms with Crippen LogP contribution < -0.4 is 11.5 Å². The second kappa shape index (κ2) is 9.80. The maximum Gasteiger partial charge on any atom is 0.254 e. The molecule has 0 bridgehead atoms. The molecule has 1 amide bonds. The molecule has 152 valence electrons. The number of amides is 1. The molecule has 3 unspecified atom stereocenters. The first kappa shape index (κ1) is 23.0. The van der Waals surface area contributed by atoms with Crippen LogP contribution in [0.4, 0.5) is 4.39 Å². The van der Waals surface area contributed by atoms with Gasteiger partial charge in [-0.3, -0.25) is 4.79 Å². The van der Waals surface area contributed by atoms with Crippen molar-refractivity contribution in [2.24, 2.45) is 21.8 Å². The molecule has 1 rings (SSSR count). The van der Waals surface area contributed by atoms with Gasteiger partial charge in [0.15, 0.2) is 5.67 Å². The van der Waals surface area contributed by atoms with Crippen molar-refractivity contribution in [2.45, 2.75) is 50.8 Å². The summed E-state index contributed by atoms with van der Waals surface area (Å²) in [5, 5.41) is 10.3. The van der Waals surface area contributed by atoms with E-state index in [4.69, 9.17) is 11.5 Å². The first-order chi connectivity index (χ1) is 12.4. The molecule has 0 heterocycles. The number of aliphatic hydroxyl groups is 1. The third-order valence-electron chi connectivity index (χ3n) is 4.33. The summed E-state index contributed by atoms with van der Waals surface area (Å²) in [6.45, 7) is 1.06. The molecule has 0 aromatic heterocycles. The van der Waals surface area contributed by atoms with E-state index in [1.54, 1.807) is 0 Å². The lowest BCUT2D eigenvalue weighted by Crippen LogP contribution is -2.38. The fourth-order valence-corrected chi connectivity index (χ4v) is 3.18. The van der Waals surface area contributed by atoms with Crippen LogP contribution in [0.3, 0.4) is 0 Å². The Morgan fingerprint density at radius 2 is 1.85 bits per heavy atom. The number of alkyl halides is 1. The van der Waals surface area contributed by atoms with E-state index in [0.717, 1.165) is 18.7 Å². The van der Waals surface area contributed by atoms with Crippen molar-refractivity contribution in [2.75, 3.05) is 6.26 Å². The van der Waals surface area contributed by atoms with Crippen LogP contribution in [0, 0.1) is 5.92 Å². The summed E-state index contributed by atoms with van der Waals surface area (Å²) >= 11 is 0. The number of primary amides is 1. The van der Waals surface area contributed by atoms with Gasteiger partial charge in [-0.2, -0.15) is 4.40 Å². The SMILES string of the molecule is CC(F)(CCC(CC(O)CCc1ccccc1)C(N)=NS(C)(=O)=O)C(N)=O. The van der Waals surface area contributed by atoms with Gasteiger partial charge in [-0.25, -0.2) is 12.8 Å². The molecule has 1 aromatic carbocycles. The minimum atomic E-state index is -3.73. The smallest absolute Gasteiger partial charge is 0.254 e. The van der Waals surface area contributed by atoms with E-state index in [-0.39, 0.29) is 25.1 Å². The number of benzene rings is 1. The summed E-state index contributed by atoms with van der Waals surface area (Å²) in [4.78, 5) is 11.2. The number of hydrogen-bond donors (Lipinski definition) is 3. The molecule has 0 saturated carbocycles. The fraction of sp³-hybridized carbons (Fsp3) is 0.556. The second-order valence-corrected chi connectivity index (χ2v) is 8.61. The van der Waals surface area contributed by atoms with Crippen LogP contribution in [0.1, 0.15) is 38.2 Å². The van der Waals surface area contributed by atoms with Crippen molar-refractivity contribution in [3.8, 4) is 0 Å². The number of carbonyl (C=O) groups is 1. The molecule has 7 nitrogen and oxygen atoms in total. The van der Waals surface area contributed by atoms with Crippen LogP contribution >= 0.6 is 0 Å². The minimum absolute atomic E-state index is 0.0309. The standard InChI is InChI=1S/C18H28FN3O4S/c1-18(19,17(21)24)11-10-14(16(20)22-27(2,25)26)12-15(23)9-8-13-6-4-3-5-7-13/h3-7,14-15,23H,8-12H2,1-2H3,(H2,20,22)(H2,21,24). The number of nitrogens with two attached hydrogens (primary N) is 2. The predicted octanol–water partition coefficient (Wildman–Crippen LogP) is 1.30. The Hall–Kier alpha value is -2.00. The Balaban J connectivity index is 2.80. The van der Waals surface area contributed by atoms with Crippen molar-refractivity contribution in [3.63, 3.8) is 0 Å². The lowest BCUT2D eigenvalue weighted by atomic mass is 9.88. The average Bonchev–Trinajstić information content (AvgIpc) is 2.56. The van der Waals surface area contributed by atoms with Gasteiger partial charge in [0, 0.05) is 5.92 Å². The predicted molar refractivity (Wildman–Crippen MR) is 103 cm³/mol. The number of carbonyl (C=O) groups excluding carboxylic acids is 1. The van der Waals surface area contributed by atoms with Gasteiger partial charge >= 0.3 is 0 Å². The van der Waals surface area contributed by atoms with Crippen LogP contribution in [0.2, 0.25) is 0 Å². The summed E-state index contributed by atoms with van der Waals surface area (Å²) in [6.07, 6.45) is 1.04. The number of halogens is 1. The Bertz CT molecular complexity index is 751. The largest absolute Gasteiger partial charge is 0.393 e. The van der Waals surface area contributed by atoms with Crippen LogP contribution in [0.15, 0.2) is 34.7 Å². The van der Waals surface area contributed by atoms with Gasteiger partial charge in [0.05, 0.1) is 12.4 Å². The highest BCUT2D eigenvalue weighted by molar-refractivity contribution is 7.89. The van der Waals surface area contributed by atoms with Gasteiger partial charge in [-0.05, 0) is 44.6 Å². The average molecular weight is 402 g/mol. The molecule has 3 atom stereocenters. The van der Waals surface area contributed by atoms with Gasteiger partial charge in [0.2, 0.25) is 0 Å². The van der Waals surface area contributed by atoms with E-state index in [1.165, 1.54) is 0 Å². The number of hydrogen-bond acceptors (Lipinski definition) is 4. The first-order valence-electron chi connectivity index (χ1n) is 8.67. The fourth-order valence-electron chi connectivity index (χ4n) is 2.65. The Morgan fingerprint density at radius 1 is 1.26 bits per heavy atom. The lowest BCUT2D eigenvalue weighted by Gasteiger charge is -2.23. The number of sulfonamides is 1. The highest BCUT2D eigenvalue weighted by atomic mass is 32.2. The molecule has 0 aliphatic heterocycles. The third-order valence-corrected chi connectivity index (χ3v) is 4.87. The monoisotopic (exact) mass is 401 g/mol. The molecule has 0 aliphatic rings. The van der Waals surface area contributed by atoms with E-state index in [0.29, 0.717) is 12.8 Å².